The second kappa shape index (κ2) is 6.89. The maximum Gasteiger partial charge on any atom is 0.410 e. The summed E-state index contributed by atoms with van der Waals surface area (Å²) in [5.74, 6) is -4.02. The molecule has 0 saturated carbocycles. The van der Waals surface area contributed by atoms with E-state index in [1.54, 1.807) is 34.6 Å². The van der Waals surface area contributed by atoms with Gasteiger partial charge in [0.05, 0.1) is 6.61 Å². The maximum absolute atomic E-state index is 12.1. The van der Waals surface area contributed by atoms with Crippen molar-refractivity contribution in [3.63, 3.8) is 0 Å². The summed E-state index contributed by atoms with van der Waals surface area (Å²) in [4.78, 5) is 49.1. The van der Waals surface area contributed by atoms with E-state index in [-0.39, 0.29) is 25.5 Å². The molecule has 2 atom stereocenters. The standard InChI is InChI=1S/C15H23NO6/c1-6-21-13(19)12(18)10-8-16(7-9(2)11(10)17)14(20)22-15(3,4)5/h9-10H,6-8H2,1-5H3/t9-,10-/m1/s1. The number of hydrogen-bond acceptors (Lipinski definition) is 6. The average Bonchev–Trinajstić information content (AvgIpc) is 2.39. The van der Waals surface area contributed by atoms with Crippen molar-refractivity contribution in [2.45, 2.75) is 40.2 Å². The number of ketones is 2. The minimum Gasteiger partial charge on any atom is -0.460 e. The molecule has 0 spiro atoms. The summed E-state index contributed by atoms with van der Waals surface area (Å²) in [5.41, 5.74) is -0.678. The summed E-state index contributed by atoms with van der Waals surface area (Å²) >= 11 is 0. The molecule has 0 bridgehead atoms. The number of carbonyl (C=O) groups excluding carboxylic acids is 4. The lowest BCUT2D eigenvalue weighted by Crippen LogP contribution is -2.53. The van der Waals surface area contributed by atoms with Gasteiger partial charge in [-0.1, -0.05) is 6.92 Å². The molecule has 22 heavy (non-hydrogen) atoms. The van der Waals surface area contributed by atoms with Gasteiger partial charge in [0.25, 0.3) is 5.78 Å². The third kappa shape index (κ3) is 4.54. The first kappa shape index (κ1) is 18.1. The average molecular weight is 313 g/mol. The van der Waals surface area contributed by atoms with Crippen molar-refractivity contribution in [3.05, 3.63) is 0 Å². The van der Waals surface area contributed by atoms with E-state index in [4.69, 9.17) is 4.74 Å². The number of likely N-dealkylation sites (tertiary alicyclic amines) is 1. The van der Waals surface area contributed by atoms with Gasteiger partial charge in [-0.05, 0) is 27.7 Å². The van der Waals surface area contributed by atoms with Crippen LogP contribution in [-0.2, 0) is 23.9 Å². The van der Waals surface area contributed by atoms with Crippen LogP contribution in [0.5, 0.6) is 0 Å². The van der Waals surface area contributed by atoms with Gasteiger partial charge in [-0.3, -0.25) is 9.59 Å². The number of ether oxygens (including phenoxy) is 2. The Labute approximate surface area is 129 Å². The van der Waals surface area contributed by atoms with Crippen molar-refractivity contribution in [3.8, 4) is 0 Å². The largest absolute Gasteiger partial charge is 0.460 e. The lowest BCUT2D eigenvalue weighted by atomic mass is 9.86. The van der Waals surface area contributed by atoms with Crippen molar-refractivity contribution in [1.29, 1.82) is 0 Å². The van der Waals surface area contributed by atoms with Gasteiger partial charge in [0.2, 0.25) is 0 Å². The zero-order valence-corrected chi connectivity index (χ0v) is 13.7. The maximum atomic E-state index is 12.1. The summed E-state index contributed by atoms with van der Waals surface area (Å²) in [5, 5.41) is 0. The predicted molar refractivity (Wildman–Crippen MR) is 77.1 cm³/mol. The van der Waals surface area contributed by atoms with Gasteiger partial charge in [0.15, 0.2) is 0 Å². The number of Topliss-reactive ketones (excluding diaryl/α,β-unsaturated/α-hetero) is 2. The predicted octanol–water partition coefficient (Wildman–Crippen LogP) is 1.19. The first-order valence-electron chi connectivity index (χ1n) is 7.29. The molecule has 1 aliphatic heterocycles. The molecule has 1 saturated heterocycles. The third-order valence-corrected chi connectivity index (χ3v) is 3.17. The Hall–Kier alpha value is -1.92. The molecule has 0 N–H and O–H groups in total. The Morgan fingerprint density at radius 2 is 1.82 bits per heavy atom. The molecule has 0 aromatic carbocycles. The fraction of sp³-hybridized carbons (Fsp3) is 0.733. The number of carbonyl (C=O) groups is 4. The van der Waals surface area contributed by atoms with Gasteiger partial charge in [-0.2, -0.15) is 0 Å². The molecule has 1 heterocycles. The van der Waals surface area contributed by atoms with Gasteiger partial charge < -0.3 is 14.4 Å². The highest BCUT2D eigenvalue weighted by Crippen LogP contribution is 2.21. The topological polar surface area (TPSA) is 90.0 Å². The van der Waals surface area contributed by atoms with Gasteiger partial charge in [0.1, 0.15) is 17.3 Å². The fourth-order valence-corrected chi connectivity index (χ4v) is 2.18. The number of hydrogen-bond donors (Lipinski definition) is 0. The molecule has 124 valence electrons. The Morgan fingerprint density at radius 1 is 1.23 bits per heavy atom. The molecular weight excluding hydrogens is 290 g/mol. The Balaban J connectivity index is 2.86. The van der Waals surface area contributed by atoms with E-state index >= 15 is 0 Å². The van der Waals surface area contributed by atoms with E-state index in [0.29, 0.717) is 0 Å². The highest BCUT2D eigenvalue weighted by molar-refractivity contribution is 6.38. The highest BCUT2D eigenvalue weighted by Gasteiger charge is 2.42. The number of piperidine rings is 1. The molecule has 1 amide bonds. The Kier molecular flexibility index (Phi) is 5.68. The monoisotopic (exact) mass is 313 g/mol. The summed E-state index contributed by atoms with van der Waals surface area (Å²) in [7, 11) is 0. The van der Waals surface area contributed by atoms with Crippen LogP contribution in [0.1, 0.15) is 34.6 Å². The van der Waals surface area contributed by atoms with E-state index in [0.717, 1.165) is 0 Å². The van der Waals surface area contributed by atoms with Gasteiger partial charge in [0, 0.05) is 19.0 Å². The number of rotatable bonds is 3. The minimum absolute atomic E-state index is 0.0524. The zero-order valence-electron chi connectivity index (χ0n) is 13.7. The first-order valence-corrected chi connectivity index (χ1v) is 7.29. The second-order valence-corrected chi connectivity index (χ2v) is 6.33. The van der Waals surface area contributed by atoms with Crippen LogP contribution in [0.25, 0.3) is 0 Å². The van der Waals surface area contributed by atoms with E-state index < -0.39 is 35.3 Å². The van der Waals surface area contributed by atoms with E-state index in [1.165, 1.54) is 4.90 Å². The molecular formula is C15H23NO6. The molecule has 1 rings (SSSR count). The first-order chi connectivity index (χ1) is 10.1. The molecule has 1 fully saturated rings. The molecule has 0 radical (unpaired) electrons. The van der Waals surface area contributed by atoms with Crippen LogP contribution in [0.2, 0.25) is 0 Å². The molecule has 0 aromatic rings. The number of amides is 1. The van der Waals surface area contributed by atoms with Gasteiger partial charge >= 0.3 is 12.1 Å². The van der Waals surface area contributed by atoms with Crippen molar-refractivity contribution >= 4 is 23.6 Å². The second-order valence-electron chi connectivity index (χ2n) is 6.33. The highest BCUT2D eigenvalue weighted by atomic mass is 16.6. The lowest BCUT2D eigenvalue weighted by molar-refractivity contribution is -0.158. The quantitative estimate of drug-likeness (QED) is 0.442. The lowest BCUT2D eigenvalue weighted by Gasteiger charge is -2.35. The van der Waals surface area contributed by atoms with E-state index in [2.05, 4.69) is 4.74 Å². The van der Waals surface area contributed by atoms with E-state index in [1.807, 2.05) is 0 Å². The summed E-state index contributed by atoms with van der Waals surface area (Å²) in [6.45, 7) is 8.43. The summed E-state index contributed by atoms with van der Waals surface area (Å²) in [6.07, 6.45) is -0.603. The van der Waals surface area contributed by atoms with Crippen LogP contribution < -0.4 is 0 Å². The molecule has 0 unspecified atom stereocenters. The Bertz CT molecular complexity index is 479. The number of nitrogens with zero attached hydrogens (tertiary/aromatic N) is 1. The van der Waals surface area contributed by atoms with Crippen molar-refractivity contribution < 1.29 is 28.7 Å². The van der Waals surface area contributed by atoms with Crippen molar-refractivity contribution in [2.75, 3.05) is 19.7 Å². The fourth-order valence-electron chi connectivity index (χ4n) is 2.18. The third-order valence-electron chi connectivity index (χ3n) is 3.17. The van der Waals surface area contributed by atoms with Crippen LogP contribution in [0, 0.1) is 11.8 Å². The molecule has 1 aliphatic rings. The summed E-state index contributed by atoms with van der Waals surface area (Å²) < 4.78 is 9.89. The zero-order chi connectivity index (χ0) is 17.1. The normalized spacial score (nSPS) is 22.2. The van der Waals surface area contributed by atoms with E-state index in [9.17, 15) is 19.2 Å². The minimum atomic E-state index is -1.18. The van der Waals surface area contributed by atoms with Crippen LogP contribution in [0.4, 0.5) is 4.79 Å². The smallest absolute Gasteiger partial charge is 0.410 e. The SMILES string of the molecule is CCOC(=O)C(=O)[C@@H]1CN(C(=O)OC(C)(C)C)C[C@@H](C)C1=O. The molecule has 0 aliphatic carbocycles. The van der Waals surface area contributed by atoms with Crippen LogP contribution in [0.3, 0.4) is 0 Å². The van der Waals surface area contributed by atoms with Gasteiger partial charge in [-0.25, -0.2) is 9.59 Å². The Morgan fingerprint density at radius 3 is 2.32 bits per heavy atom. The van der Waals surface area contributed by atoms with Crippen LogP contribution in [-0.4, -0.2) is 53.8 Å². The van der Waals surface area contributed by atoms with Crippen molar-refractivity contribution in [2.24, 2.45) is 11.8 Å². The van der Waals surface area contributed by atoms with Crippen LogP contribution in [0.15, 0.2) is 0 Å². The molecule has 7 heteroatoms. The molecule has 0 aromatic heterocycles. The van der Waals surface area contributed by atoms with Crippen LogP contribution >= 0.6 is 0 Å². The van der Waals surface area contributed by atoms with Crippen molar-refractivity contribution in [1.82, 2.24) is 4.90 Å². The number of esters is 1. The summed E-state index contributed by atoms with van der Waals surface area (Å²) in [6, 6.07) is 0. The van der Waals surface area contributed by atoms with Gasteiger partial charge in [-0.15, -0.1) is 0 Å². The molecule has 7 nitrogen and oxygen atoms in total.